The van der Waals surface area contributed by atoms with E-state index in [2.05, 4.69) is 4.98 Å². The van der Waals surface area contributed by atoms with Crippen molar-refractivity contribution < 1.29 is 14.6 Å². The van der Waals surface area contributed by atoms with Crippen molar-refractivity contribution in [2.45, 2.75) is 26.4 Å². The molecule has 1 rings (SSSR count). The highest BCUT2D eigenvalue weighted by atomic mass is 16.5. The third-order valence-corrected chi connectivity index (χ3v) is 2.00. The predicted molar refractivity (Wildman–Crippen MR) is 56.0 cm³/mol. The second kappa shape index (κ2) is 5.46. The second-order valence-corrected chi connectivity index (χ2v) is 3.13. The molecule has 4 nitrogen and oxygen atoms in total. The fraction of sp³-hybridized carbons (Fsp3) is 0.455. The van der Waals surface area contributed by atoms with Gasteiger partial charge in [-0.15, -0.1) is 0 Å². The maximum atomic E-state index is 11.6. The van der Waals surface area contributed by atoms with Gasteiger partial charge in [-0.3, -0.25) is 9.78 Å². The number of Topliss-reactive ketones (excluding diaryl/α,β-unsaturated/α-hetero) is 1. The van der Waals surface area contributed by atoms with Crippen molar-refractivity contribution >= 4 is 5.78 Å². The Balaban J connectivity index is 2.85. The molecule has 0 saturated heterocycles. The Morgan fingerprint density at radius 1 is 1.53 bits per heavy atom. The van der Waals surface area contributed by atoms with Crippen LogP contribution in [0.3, 0.4) is 0 Å². The molecule has 1 heterocycles. The van der Waals surface area contributed by atoms with Crippen molar-refractivity contribution in [1.82, 2.24) is 4.98 Å². The molecular formula is C11H15NO3. The van der Waals surface area contributed by atoms with E-state index in [0.717, 1.165) is 0 Å². The zero-order valence-corrected chi connectivity index (χ0v) is 8.93. The number of pyridine rings is 1. The number of aromatic nitrogens is 1. The van der Waals surface area contributed by atoms with Crippen LogP contribution in [0.4, 0.5) is 0 Å². The third kappa shape index (κ3) is 3.02. The molecule has 1 unspecified atom stereocenters. The Kier molecular flexibility index (Phi) is 4.24. The average Bonchev–Trinajstić information content (AvgIpc) is 2.28. The molecular weight excluding hydrogens is 194 g/mol. The number of carbonyl (C=O) groups excluding carboxylic acids is 1. The first-order valence-corrected chi connectivity index (χ1v) is 4.99. The molecule has 1 aromatic heterocycles. The molecule has 82 valence electrons. The standard InChI is InChI=1S/C11H15NO3/c1-3-10(13)11(14)8-5-9(15-4-2)7-12-6-8/h5-7,10,13H,3-4H2,1-2H3. The Hall–Kier alpha value is -1.42. The lowest BCUT2D eigenvalue weighted by atomic mass is 10.1. The summed E-state index contributed by atoms with van der Waals surface area (Å²) in [5.41, 5.74) is 0.385. The van der Waals surface area contributed by atoms with Gasteiger partial charge in [0, 0.05) is 11.8 Å². The zero-order chi connectivity index (χ0) is 11.3. The predicted octanol–water partition coefficient (Wildman–Crippen LogP) is 1.43. The summed E-state index contributed by atoms with van der Waals surface area (Å²) >= 11 is 0. The van der Waals surface area contributed by atoms with E-state index in [-0.39, 0.29) is 5.78 Å². The van der Waals surface area contributed by atoms with Crippen LogP contribution in [0.2, 0.25) is 0 Å². The van der Waals surface area contributed by atoms with Crippen molar-refractivity contribution in [2.75, 3.05) is 6.61 Å². The highest BCUT2D eigenvalue weighted by molar-refractivity contribution is 5.99. The quantitative estimate of drug-likeness (QED) is 0.745. The molecule has 0 aromatic carbocycles. The van der Waals surface area contributed by atoms with Crippen LogP contribution in [-0.4, -0.2) is 28.6 Å². The molecule has 0 spiro atoms. The molecule has 0 aliphatic rings. The van der Waals surface area contributed by atoms with Gasteiger partial charge in [0.05, 0.1) is 12.8 Å². The fourth-order valence-corrected chi connectivity index (χ4v) is 1.18. The van der Waals surface area contributed by atoms with Crippen LogP contribution >= 0.6 is 0 Å². The number of ether oxygens (including phenoxy) is 1. The maximum absolute atomic E-state index is 11.6. The molecule has 0 aliphatic heterocycles. The molecule has 0 radical (unpaired) electrons. The van der Waals surface area contributed by atoms with E-state index in [9.17, 15) is 9.90 Å². The van der Waals surface area contributed by atoms with Crippen LogP contribution in [0.15, 0.2) is 18.5 Å². The van der Waals surface area contributed by atoms with Crippen molar-refractivity contribution in [3.05, 3.63) is 24.0 Å². The molecule has 1 atom stereocenters. The van der Waals surface area contributed by atoms with Gasteiger partial charge in [0.25, 0.3) is 0 Å². The van der Waals surface area contributed by atoms with Gasteiger partial charge in [0.2, 0.25) is 0 Å². The number of aliphatic hydroxyl groups excluding tert-OH is 1. The van der Waals surface area contributed by atoms with Gasteiger partial charge in [-0.2, -0.15) is 0 Å². The Morgan fingerprint density at radius 3 is 2.87 bits per heavy atom. The van der Waals surface area contributed by atoms with Crippen LogP contribution in [0.25, 0.3) is 0 Å². The lowest BCUT2D eigenvalue weighted by molar-refractivity contribution is 0.0740. The summed E-state index contributed by atoms with van der Waals surface area (Å²) < 4.78 is 5.21. The number of rotatable bonds is 5. The van der Waals surface area contributed by atoms with Crippen LogP contribution < -0.4 is 4.74 Å². The zero-order valence-electron chi connectivity index (χ0n) is 8.93. The van der Waals surface area contributed by atoms with E-state index in [0.29, 0.717) is 24.3 Å². The molecule has 1 aromatic rings. The first-order chi connectivity index (χ1) is 7.19. The van der Waals surface area contributed by atoms with Gasteiger partial charge in [-0.05, 0) is 19.4 Å². The van der Waals surface area contributed by atoms with Crippen LogP contribution in [0.1, 0.15) is 30.6 Å². The summed E-state index contributed by atoms with van der Waals surface area (Å²) in [5.74, 6) is 0.234. The lowest BCUT2D eigenvalue weighted by Crippen LogP contribution is -2.19. The summed E-state index contributed by atoms with van der Waals surface area (Å²) in [7, 11) is 0. The summed E-state index contributed by atoms with van der Waals surface area (Å²) in [4.78, 5) is 15.5. The van der Waals surface area contributed by atoms with E-state index in [1.54, 1.807) is 19.2 Å². The van der Waals surface area contributed by atoms with Gasteiger partial charge in [0.15, 0.2) is 5.78 Å². The van der Waals surface area contributed by atoms with Gasteiger partial charge in [-0.25, -0.2) is 0 Å². The largest absolute Gasteiger partial charge is 0.492 e. The van der Waals surface area contributed by atoms with Gasteiger partial charge in [-0.1, -0.05) is 6.92 Å². The summed E-state index contributed by atoms with van der Waals surface area (Å²) in [6.07, 6.45) is 2.42. The van der Waals surface area contributed by atoms with Crippen LogP contribution in [0, 0.1) is 0 Å². The summed E-state index contributed by atoms with van der Waals surface area (Å²) in [6, 6.07) is 1.59. The normalized spacial score (nSPS) is 12.2. The third-order valence-electron chi connectivity index (χ3n) is 2.00. The van der Waals surface area contributed by atoms with E-state index in [1.165, 1.54) is 6.20 Å². The van der Waals surface area contributed by atoms with Gasteiger partial charge < -0.3 is 9.84 Å². The average molecular weight is 209 g/mol. The van der Waals surface area contributed by atoms with Gasteiger partial charge in [0.1, 0.15) is 11.9 Å². The van der Waals surface area contributed by atoms with Crippen molar-refractivity contribution in [2.24, 2.45) is 0 Å². The Morgan fingerprint density at radius 2 is 2.27 bits per heavy atom. The number of hydrogen-bond acceptors (Lipinski definition) is 4. The smallest absolute Gasteiger partial charge is 0.192 e. The Bertz CT molecular complexity index is 338. The number of aliphatic hydroxyl groups is 1. The van der Waals surface area contributed by atoms with E-state index in [1.807, 2.05) is 6.92 Å². The maximum Gasteiger partial charge on any atom is 0.192 e. The summed E-state index contributed by atoms with van der Waals surface area (Å²) in [5, 5.41) is 9.38. The Labute approximate surface area is 88.9 Å². The first kappa shape index (κ1) is 11.7. The molecule has 4 heteroatoms. The minimum atomic E-state index is -0.955. The number of hydrogen-bond donors (Lipinski definition) is 1. The van der Waals surface area contributed by atoms with Crippen molar-refractivity contribution in [3.63, 3.8) is 0 Å². The van der Waals surface area contributed by atoms with E-state index >= 15 is 0 Å². The highest BCUT2D eigenvalue weighted by Gasteiger charge is 2.15. The minimum Gasteiger partial charge on any atom is -0.492 e. The second-order valence-electron chi connectivity index (χ2n) is 3.13. The van der Waals surface area contributed by atoms with Gasteiger partial charge >= 0.3 is 0 Å². The molecule has 0 bridgehead atoms. The molecule has 0 amide bonds. The fourth-order valence-electron chi connectivity index (χ4n) is 1.18. The van der Waals surface area contributed by atoms with Crippen molar-refractivity contribution in [3.8, 4) is 5.75 Å². The van der Waals surface area contributed by atoms with Crippen LogP contribution in [0.5, 0.6) is 5.75 Å². The first-order valence-electron chi connectivity index (χ1n) is 4.99. The lowest BCUT2D eigenvalue weighted by Gasteiger charge is -2.07. The minimum absolute atomic E-state index is 0.313. The molecule has 0 aliphatic carbocycles. The molecule has 15 heavy (non-hydrogen) atoms. The van der Waals surface area contributed by atoms with E-state index < -0.39 is 6.10 Å². The van der Waals surface area contributed by atoms with Crippen molar-refractivity contribution in [1.29, 1.82) is 0 Å². The topological polar surface area (TPSA) is 59.4 Å². The number of ketones is 1. The molecule has 0 saturated carbocycles. The summed E-state index contributed by atoms with van der Waals surface area (Å²) in [6.45, 7) is 4.13. The number of nitrogens with zero attached hydrogens (tertiary/aromatic N) is 1. The molecule has 0 fully saturated rings. The monoisotopic (exact) mass is 209 g/mol. The molecule has 1 N–H and O–H groups in total. The van der Waals surface area contributed by atoms with E-state index in [4.69, 9.17) is 4.74 Å². The SMILES string of the molecule is CCOc1cncc(C(=O)C(O)CC)c1. The number of carbonyl (C=O) groups is 1. The van der Waals surface area contributed by atoms with Crippen LogP contribution in [-0.2, 0) is 0 Å². The highest BCUT2D eigenvalue weighted by Crippen LogP contribution is 2.13.